The summed E-state index contributed by atoms with van der Waals surface area (Å²) in [6.07, 6.45) is 0.199. The van der Waals surface area contributed by atoms with Gasteiger partial charge in [-0.25, -0.2) is 4.39 Å². The van der Waals surface area contributed by atoms with E-state index < -0.39 is 0 Å². The van der Waals surface area contributed by atoms with Crippen molar-refractivity contribution in [2.24, 2.45) is 0 Å². The van der Waals surface area contributed by atoms with Gasteiger partial charge in [0.05, 0.1) is 16.8 Å². The summed E-state index contributed by atoms with van der Waals surface area (Å²) in [5.74, 6) is -0.424. The van der Waals surface area contributed by atoms with Crippen LogP contribution in [0.25, 0.3) is 0 Å². The summed E-state index contributed by atoms with van der Waals surface area (Å²) in [5, 5.41) is 2.81. The molecule has 0 radical (unpaired) electrons. The molecular formula is C13H11BrFNOS. The van der Waals surface area contributed by atoms with Crippen molar-refractivity contribution in [3.8, 4) is 0 Å². The lowest BCUT2D eigenvalue weighted by molar-refractivity contribution is -0.120. The van der Waals surface area contributed by atoms with E-state index in [4.69, 9.17) is 0 Å². The Morgan fingerprint density at radius 2 is 2.17 bits per heavy atom. The van der Waals surface area contributed by atoms with E-state index >= 15 is 0 Å². The lowest BCUT2D eigenvalue weighted by Gasteiger charge is -2.03. The summed E-state index contributed by atoms with van der Waals surface area (Å²) in [4.78, 5) is 12.7. The van der Waals surface area contributed by atoms with E-state index in [9.17, 15) is 9.18 Å². The summed E-state index contributed by atoms with van der Waals surface area (Å²) < 4.78 is 14.0. The van der Waals surface area contributed by atoms with Gasteiger partial charge in [0.25, 0.3) is 0 Å². The van der Waals surface area contributed by atoms with Gasteiger partial charge < -0.3 is 5.32 Å². The number of rotatable bonds is 4. The van der Waals surface area contributed by atoms with Crippen LogP contribution >= 0.6 is 27.3 Å². The highest BCUT2D eigenvalue weighted by molar-refractivity contribution is 9.11. The third-order valence-corrected chi connectivity index (χ3v) is 3.97. The third-order valence-electron chi connectivity index (χ3n) is 2.34. The third kappa shape index (κ3) is 3.92. The fourth-order valence-corrected chi connectivity index (χ4v) is 2.95. The molecule has 0 aliphatic carbocycles. The van der Waals surface area contributed by atoms with Gasteiger partial charge in [0, 0.05) is 4.88 Å². The SMILES string of the molecule is O=C(Cc1cccc(F)c1)NCc1ccc(Br)s1. The first-order chi connectivity index (χ1) is 8.63. The zero-order chi connectivity index (χ0) is 13.0. The Kier molecular flexibility index (Phi) is 4.49. The van der Waals surface area contributed by atoms with Crippen LogP contribution in [0.5, 0.6) is 0 Å². The Balaban J connectivity index is 1.85. The number of nitrogens with one attached hydrogen (secondary N) is 1. The number of thiophene rings is 1. The topological polar surface area (TPSA) is 29.1 Å². The molecule has 0 saturated heterocycles. The molecule has 5 heteroatoms. The maximum absolute atomic E-state index is 12.9. The number of benzene rings is 1. The molecule has 1 aromatic heterocycles. The molecule has 2 nitrogen and oxygen atoms in total. The van der Waals surface area contributed by atoms with Crippen LogP contribution in [-0.2, 0) is 17.8 Å². The van der Waals surface area contributed by atoms with Crippen LogP contribution in [0.1, 0.15) is 10.4 Å². The van der Waals surface area contributed by atoms with Gasteiger partial charge in [-0.3, -0.25) is 4.79 Å². The number of carbonyl (C=O) groups excluding carboxylic acids is 1. The second-order valence-corrected chi connectivity index (χ2v) is 6.34. The van der Waals surface area contributed by atoms with Crippen LogP contribution in [0.15, 0.2) is 40.2 Å². The number of halogens is 2. The van der Waals surface area contributed by atoms with Crippen LogP contribution in [0.4, 0.5) is 4.39 Å². The van der Waals surface area contributed by atoms with E-state index in [1.165, 1.54) is 12.1 Å². The zero-order valence-corrected chi connectivity index (χ0v) is 11.9. The second-order valence-electron chi connectivity index (χ2n) is 3.79. The summed E-state index contributed by atoms with van der Waals surface area (Å²) in [5.41, 5.74) is 0.680. The summed E-state index contributed by atoms with van der Waals surface area (Å²) in [6, 6.07) is 9.99. The Hall–Kier alpha value is -1.20. The van der Waals surface area contributed by atoms with E-state index in [1.54, 1.807) is 23.5 Å². The first kappa shape index (κ1) is 13.2. The highest BCUT2D eigenvalue weighted by Gasteiger charge is 2.05. The zero-order valence-electron chi connectivity index (χ0n) is 9.45. The molecule has 0 unspecified atom stereocenters. The van der Waals surface area contributed by atoms with Gasteiger partial charge in [0.1, 0.15) is 5.82 Å². The molecule has 1 amide bonds. The van der Waals surface area contributed by atoms with E-state index in [1.807, 2.05) is 12.1 Å². The minimum Gasteiger partial charge on any atom is -0.351 e. The molecule has 0 atom stereocenters. The van der Waals surface area contributed by atoms with Gasteiger partial charge in [-0.2, -0.15) is 0 Å². The predicted molar refractivity (Wildman–Crippen MR) is 74.0 cm³/mol. The molecule has 0 bridgehead atoms. The molecule has 0 aliphatic heterocycles. The van der Waals surface area contributed by atoms with Crippen molar-refractivity contribution in [2.45, 2.75) is 13.0 Å². The van der Waals surface area contributed by atoms with Gasteiger partial charge in [0.2, 0.25) is 5.91 Å². The molecule has 1 aromatic carbocycles. The molecule has 0 fully saturated rings. The Bertz CT molecular complexity index is 555. The largest absolute Gasteiger partial charge is 0.351 e. The van der Waals surface area contributed by atoms with Gasteiger partial charge in [-0.15, -0.1) is 11.3 Å². The maximum atomic E-state index is 12.9. The predicted octanol–water partition coefficient (Wildman–Crippen LogP) is 3.51. The summed E-state index contributed by atoms with van der Waals surface area (Å²) >= 11 is 4.95. The molecule has 18 heavy (non-hydrogen) atoms. The van der Waals surface area contributed by atoms with Gasteiger partial charge in [-0.1, -0.05) is 12.1 Å². The van der Waals surface area contributed by atoms with Gasteiger partial charge in [-0.05, 0) is 45.8 Å². The van der Waals surface area contributed by atoms with Crippen molar-refractivity contribution in [1.82, 2.24) is 5.32 Å². The number of amides is 1. The molecule has 0 spiro atoms. The Morgan fingerprint density at radius 3 is 2.83 bits per heavy atom. The van der Waals surface area contributed by atoms with Crippen LogP contribution in [0, 0.1) is 5.82 Å². The first-order valence-corrected chi connectivity index (χ1v) is 7.00. The molecule has 94 valence electrons. The summed E-state index contributed by atoms with van der Waals surface area (Å²) in [6.45, 7) is 0.504. The van der Waals surface area contributed by atoms with Crippen molar-refractivity contribution in [2.75, 3.05) is 0 Å². The minimum atomic E-state index is -0.317. The highest BCUT2D eigenvalue weighted by atomic mass is 79.9. The van der Waals surface area contributed by atoms with Crippen LogP contribution in [-0.4, -0.2) is 5.91 Å². The van der Waals surface area contributed by atoms with Crippen molar-refractivity contribution >= 4 is 33.2 Å². The molecule has 0 saturated carbocycles. The highest BCUT2D eigenvalue weighted by Crippen LogP contribution is 2.21. The standard InChI is InChI=1S/C13H11BrFNOS/c14-12-5-4-11(18-12)8-16-13(17)7-9-2-1-3-10(15)6-9/h1-6H,7-8H2,(H,16,17). The second kappa shape index (κ2) is 6.11. The molecule has 2 aromatic rings. The van der Waals surface area contributed by atoms with Crippen LogP contribution in [0.3, 0.4) is 0 Å². The molecular weight excluding hydrogens is 317 g/mol. The average molecular weight is 328 g/mol. The number of hydrogen-bond donors (Lipinski definition) is 1. The fraction of sp³-hybridized carbons (Fsp3) is 0.154. The van der Waals surface area contributed by atoms with E-state index in [0.29, 0.717) is 12.1 Å². The molecule has 1 heterocycles. The smallest absolute Gasteiger partial charge is 0.224 e. The molecule has 1 N–H and O–H groups in total. The maximum Gasteiger partial charge on any atom is 0.224 e. The Morgan fingerprint density at radius 1 is 1.33 bits per heavy atom. The quantitative estimate of drug-likeness (QED) is 0.914. The van der Waals surface area contributed by atoms with E-state index in [2.05, 4.69) is 21.2 Å². The molecule has 0 aliphatic rings. The lowest BCUT2D eigenvalue weighted by Crippen LogP contribution is -2.24. The van der Waals surface area contributed by atoms with Gasteiger partial charge in [0.15, 0.2) is 0 Å². The van der Waals surface area contributed by atoms with Crippen molar-refractivity contribution in [3.63, 3.8) is 0 Å². The van der Waals surface area contributed by atoms with Crippen molar-refractivity contribution in [1.29, 1.82) is 0 Å². The molecule has 2 rings (SSSR count). The van der Waals surface area contributed by atoms with Gasteiger partial charge >= 0.3 is 0 Å². The van der Waals surface area contributed by atoms with Crippen molar-refractivity contribution in [3.05, 3.63) is 56.4 Å². The van der Waals surface area contributed by atoms with E-state index in [0.717, 1.165) is 8.66 Å². The minimum absolute atomic E-state index is 0.106. The fourth-order valence-electron chi connectivity index (χ4n) is 1.53. The normalized spacial score (nSPS) is 10.3. The number of hydrogen-bond acceptors (Lipinski definition) is 2. The van der Waals surface area contributed by atoms with Crippen LogP contribution in [0.2, 0.25) is 0 Å². The lowest BCUT2D eigenvalue weighted by atomic mass is 10.1. The number of carbonyl (C=O) groups is 1. The average Bonchev–Trinajstić information content (AvgIpc) is 2.73. The Labute approximate surface area is 117 Å². The van der Waals surface area contributed by atoms with Crippen molar-refractivity contribution < 1.29 is 9.18 Å². The summed E-state index contributed by atoms with van der Waals surface area (Å²) in [7, 11) is 0. The monoisotopic (exact) mass is 327 g/mol. The first-order valence-electron chi connectivity index (χ1n) is 5.39. The van der Waals surface area contributed by atoms with E-state index in [-0.39, 0.29) is 18.1 Å². The van der Waals surface area contributed by atoms with Crippen LogP contribution < -0.4 is 5.32 Å².